The van der Waals surface area contributed by atoms with Crippen molar-refractivity contribution in [3.05, 3.63) is 41.0 Å². The van der Waals surface area contributed by atoms with E-state index in [1.54, 1.807) is 12.1 Å². The van der Waals surface area contributed by atoms with Gasteiger partial charge < -0.3 is 10.4 Å². The quantitative estimate of drug-likeness (QED) is 0.814. The lowest BCUT2D eigenvalue weighted by molar-refractivity contribution is 0.0863. The molecule has 0 bridgehead atoms. The van der Waals surface area contributed by atoms with Gasteiger partial charge in [0.25, 0.3) is 5.91 Å². The molecule has 0 spiro atoms. The van der Waals surface area contributed by atoms with Gasteiger partial charge in [0, 0.05) is 11.6 Å². The van der Waals surface area contributed by atoms with Gasteiger partial charge >= 0.3 is 0 Å². The van der Waals surface area contributed by atoms with Gasteiger partial charge in [-0.15, -0.1) is 0 Å². The summed E-state index contributed by atoms with van der Waals surface area (Å²) in [7, 11) is 0. The Hall–Kier alpha value is -1.85. The van der Waals surface area contributed by atoms with Gasteiger partial charge in [0.05, 0.1) is 16.8 Å². The number of aliphatic hydroxyl groups excluding tert-OH is 1. The van der Waals surface area contributed by atoms with Gasteiger partial charge in [0.2, 0.25) is 0 Å². The van der Waals surface area contributed by atoms with Crippen molar-refractivity contribution in [2.24, 2.45) is 0 Å². The summed E-state index contributed by atoms with van der Waals surface area (Å²) in [5.41, 5.74) is 1.86. The van der Waals surface area contributed by atoms with Crippen LogP contribution in [0.25, 0.3) is 11.3 Å². The first-order chi connectivity index (χ1) is 10.6. The van der Waals surface area contributed by atoms with E-state index in [1.807, 2.05) is 18.2 Å². The van der Waals surface area contributed by atoms with E-state index in [0.29, 0.717) is 16.4 Å². The zero-order valence-corrected chi connectivity index (χ0v) is 12.8. The highest BCUT2D eigenvalue weighted by Crippen LogP contribution is 2.26. The Labute approximate surface area is 133 Å². The third-order valence-corrected chi connectivity index (χ3v) is 4.33. The molecule has 1 amide bonds. The SMILES string of the molecule is O=C(NC1CCC(O)CC1)c1cc(-c2ccccc2Cl)n[nH]1. The molecular weight excluding hydrogens is 302 g/mol. The number of rotatable bonds is 3. The third kappa shape index (κ3) is 3.31. The highest BCUT2D eigenvalue weighted by Gasteiger charge is 2.22. The molecule has 1 aromatic heterocycles. The van der Waals surface area contributed by atoms with E-state index in [4.69, 9.17) is 11.6 Å². The van der Waals surface area contributed by atoms with E-state index in [0.717, 1.165) is 31.2 Å². The number of carbonyl (C=O) groups is 1. The smallest absolute Gasteiger partial charge is 0.269 e. The van der Waals surface area contributed by atoms with Crippen molar-refractivity contribution in [2.45, 2.75) is 37.8 Å². The van der Waals surface area contributed by atoms with E-state index in [1.165, 1.54) is 0 Å². The highest BCUT2D eigenvalue weighted by molar-refractivity contribution is 6.33. The molecule has 1 aliphatic carbocycles. The summed E-state index contributed by atoms with van der Waals surface area (Å²) in [6.07, 6.45) is 2.85. The molecule has 0 unspecified atom stereocenters. The van der Waals surface area contributed by atoms with Crippen LogP contribution in [0, 0.1) is 0 Å². The largest absolute Gasteiger partial charge is 0.393 e. The number of halogens is 1. The first-order valence-electron chi connectivity index (χ1n) is 7.42. The number of hydrogen-bond donors (Lipinski definition) is 3. The second-order valence-corrected chi connectivity index (χ2v) is 6.03. The van der Waals surface area contributed by atoms with Gasteiger partial charge in [-0.05, 0) is 37.8 Å². The minimum Gasteiger partial charge on any atom is -0.393 e. The summed E-state index contributed by atoms with van der Waals surface area (Å²) in [5.74, 6) is -0.174. The van der Waals surface area contributed by atoms with Crippen LogP contribution in [0.3, 0.4) is 0 Å². The van der Waals surface area contributed by atoms with E-state index in [2.05, 4.69) is 15.5 Å². The Balaban J connectivity index is 1.68. The number of carbonyl (C=O) groups excluding carboxylic acids is 1. The number of nitrogens with zero attached hydrogens (tertiary/aromatic N) is 1. The van der Waals surface area contributed by atoms with Gasteiger partial charge in [-0.25, -0.2) is 0 Å². The zero-order valence-electron chi connectivity index (χ0n) is 12.1. The molecule has 1 fully saturated rings. The fraction of sp³-hybridized carbons (Fsp3) is 0.375. The van der Waals surface area contributed by atoms with Crippen LogP contribution < -0.4 is 5.32 Å². The van der Waals surface area contributed by atoms with Crippen LogP contribution in [0.5, 0.6) is 0 Å². The van der Waals surface area contributed by atoms with Crippen molar-refractivity contribution in [2.75, 3.05) is 0 Å². The van der Waals surface area contributed by atoms with Crippen molar-refractivity contribution in [3.8, 4) is 11.3 Å². The topological polar surface area (TPSA) is 78.0 Å². The third-order valence-electron chi connectivity index (χ3n) is 4.00. The molecule has 1 aliphatic rings. The van der Waals surface area contributed by atoms with Crippen molar-refractivity contribution >= 4 is 17.5 Å². The second kappa shape index (κ2) is 6.50. The van der Waals surface area contributed by atoms with Gasteiger partial charge in [-0.1, -0.05) is 29.8 Å². The summed E-state index contributed by atoms with van der Waals surface area (Å²) in [4.78, 5) is 12.2. The summed E-state index contributed by atoms with van der Waals surface area (Å²) in [6, 6.07) is 9.20. The summed E-state index contributed by atoms with van der Waals surface area (Å²) in [6.45, 7) is 0. The summed E-state index contributed by atoms with van der Waals surface area (Å²) < 4.78 is 0. The predicted molar refractivity (Wildman–Crippen MR) is 84.8 cm³/mol. The summed E-state index contributed by atoms with van der Waals surface area (Å²) >= 11 is 6.14. The molecule has 1 heterocycles. The molecule has 0 aliphatic heterocycles. The molecule has 2 aromatic rings. The first-order valence-corrected chi connectivity index (χ1v) is 7.80. The Bertz CT molecular complexity index is 663. The van der Waals surface area contributed by atoms with Crippen LogP contribution in [0.1, 0.15) is 36.2 Å². The molecule has 3 rings (SSSR count). The molecule has 22 heavy (non-hydrogen) atoms. The van der Waals surface area contributed by atoms with Crippen LogP contribution in [-0.4, -0.2) is 33.4 Å². The van der Waals surface area contributed by atoms with E-state index < -0.39 is 0 Å². The number of H-pyrrole nitrogens is 1. The lowest BCUT2D eigenvalue weighted by Crippen LogP contribution is -2.38. The van der Waals surface area contributed by atoms with Crippen molar-refractivity contribution in [1.82, 2.24) is 15.5 Å². The maximum atomic E-state index is 12.2. The average molecular weight is 320 g/mol. The molecule has 1 aromatic carbocycles. The number of nitrogens with one attached hydrogen (secondary N) is 2. The second-order valence-electron chi connectivity index (χ2n) is 5.63. The van der Waals surface area contributed by atoms with Crippen LogP contribution in [-0.2, 0) is 0 Å². The maximum absolute atomic E-state index is 12.2. The molecule has 0 saturated heterocycles. The van der Waals surface area contributed by atoms with Crippen LogP contribution in [0.4, 0.5) is 0 Å². The van der Waals surface area contributed by atoms with Crippen LogP contribution in [0.2, 0.25) is 5.02 Å². The Morgan fingerprint density at radius 2 is 2.00 bits per heavy atom. The number of aliphatic hydroxyl groups is 1. The average Bonchev–Trinajstić information content (AvgIpc) is 3.00. The Morgan fingerprint density at radius 3 is 2.73 bits per heavy atom. The fourth-order valence-electron chi connectivity index (χ4n) is 2.73. The molecule has 0 radical (unpaired) electrons. The minimum atomic E-state index is -0.230. The molecule has 3 N–H and O–H groups in total. The van der Waals surface area contributed by atoms with E-state index in [-0.39, 0.29) is 18.1 Å². The standard InChI is InChI=1S/C16H18ClN3O2/c17-13-4-2-1-3-12(13)14-9-15(20-19-14)16(22)18-10-5-7-11(21)8-6-10/h1-4,9-11,21H,5-8H2,(H,18,22)(H,19,20). The lowest BCUT2D eigenvalue weighted by Gasteiger charge is -2.25. The molecule has 116 valence electrons. The lowest BCUT2D eigenvalue weighted by atomic mass is 9.93. The number of aromatic nitrogens is 2. The molecule has 1 saturated carbocycles. The van der Waals surface area contributed by atoms with Gasteiger partial charge in [0.1, 0.15) is 5.69 Å². The van der Waals surface area contributed by atoms with Crippen LogP contribution >= 0.6 is 11.6 Å². The van der Waals surface area contributed by atoms with Crippen LogP contribution in [0.15, 0.2) is 30.3 Å². The maximum Gasteiger partial charge on any atom is 0.269 e. The summed E-state index contributed by atoms with van der Waals surface area (Å²) in [5, 5.41) is 20.0. The predicted octanol–water partition coefficient (Wildman–Crippen LogP) is 2.76. The van der Waals surface area contributed by atoms with E-state index in [9.17, 15) is 9.90 Å². The molecule has 6 heteroatoms. The van der Waals surface area contributed by atoms with Gasteiger partial charge in [0.15, 0.2) is 0 Å². The fourth-order valence-corrected chi connectivity index (χ4v) is 2.96. The number of amides is 1. The minimum absolute atomic E-state index is 0.114. The first kappa shape index (κ1) is 15.1. The van der Waals surface area contributed by atoms with Crippen molar-refractivity contribution in [3.63, 3.8) is 0 Å². The number of aromatic amines is 1. The highest BCUT2D eigenvalue weighted by atomic mass is 35.5. The zero-order chi connectivity index (χ0) is 15.5. The normalized spacial score (nSPS) is 21.5. The van der Waals surface area contributed by atoms with Gasteiger partial charge in [-0.3, -0.25) is 9.89 Å². The monoisotopic (exact) mass is 319 g/mol. The van der Waals surface area contributed by atoms with E-state index >= 15 is 0 Å². The van der Waals surface area contributed by atoms with Crippen molar-refractivity contribution < 1.29 is 9.90 Å². The molecule has 5 nitrogen and oxygen atoms in total. The molecular formula is C16H18ClN3O2. The number of hydrogen-bond acceptors (Lipinski definition) is 3. The molecule has 0 atom stereocenters. The Kier molecular flexibility index (Phi) is 4.45. The Morgan fingerprint density at radius 1 is 1.27 bits per heavy atom. The van der Waals surface area contributed by atoms with Crippen molar-refractivity contribution in [1.29, 1.82) is 0 Å². The number of benzene rings is 1. The van der Waals surface area contributed by atoms with Gasteiger partial charge in [-0.2, -0.15) is 5.10 Å².